The van der Waals surface area contributed by atoms with E-state index in [1.165, 1.54) is 6.92 Å². The van der Waals surface area contributed by atoms with E-state index in [2.05, 4.69) is 19.2 Å². The van der Waals surface area contributed by atoms with Gasteiger partial charge in [0.05, 0.1) is 5.92 Å². The predicted octanol–water partition coefficient (Wildman–Crippen LogP) is 4.66. The van der Waals surface area contributed by atoms with Crippen molar-refractivity contribution in [3.05, 3.63) is 65.7 Å². The van der Waals surface area contributed by atoms with Crippen molar-refractivity contribution in [3.8, 4) is 0 Å². The van der Waals surface area contributed by atoms with Crippen LogP contribution in [0.5, 0.6) is 0 Å². The largest absolute Gasteiger partial charge is 0.326 e. The van der Waals surface area contributed by atoms with E-state index in [4.69, 9.17) is 0 Å². The lowest BCUT2D eigenvalue weighted by molar-refractivity contribution is -0.118. The fourth-order valence-electron chi connectivity index (χ4n) is 2.67. The second-order valence-electron chi connectivity index (χ2n) is 5.90. The highest BCUT2D eigenvalue weighted by molar-refractivity contribution is 5.99. The Balaban J connectivity index is 2.25. The molecule has 0 radical (unpaired) electrons. The Kier molecular flexibility index (Phi) is 5.69. The van der Waals surface area contributed by atoms with Crippen LogP contribution in [0.25, 0.3) is 0 Å². The number of rotatable bonds is 6. The van der Waals surface area contributed by atoms with Crippen LogP contribution in [0.2, 0.25) is 0 Å². The number of benzene rings is 2. The van der Waals surface area contributed by atoms with Crippen LogP contribution in [-0.2, 0) is 4.79 Å². The summed E-state index contributed by atoms with van der Waals surface area (Å²) in [6.07, 6.45) is 0.917. The van der Waals surface area contributed by atoms with E-state index in [-0.39, 0.29) is 23.5 Å². The normalized spacial score (nSPS) is 13.2. The Bertz CT molecular complexity index is 679. The first-order chi connectivity index (χ1) is 11.0. The van der Waals surface area contributed by atoms with Gasteiger partial charge in [-0.2, -0.15) is 0 Å². The zero-order valence-corrected chi connectivity index (χ0v) is 13.9. The van der Waals surface area contributed by atoms with Crippen LogP contribution in [0.1, 0.15) is 49.0 Å². The second kappa shape index (κ2) is 7.73. The molecule has 2 aromatic rings. The Morgan fingerprint density at radius 3 is 2.35 bits per heavy atom. The number of carbonyl (C=O) groups excluding carboxylic acids is 2. The molecule has 120 valence electrons. The molecule has 0 aliphatic heterocycles. The molecule has 0 saturated heterocycles. The molecule has 0 aromatic heterocycles. The summed E-state index contributed by atoms with van der Waals surface area (Å²) < 4.78 is 0. The van der Waals surface area contributed by atoms with Crippen molar-refractivity contribution in [2.45, 2.75) is 33.1 Å². The lowest BCUT2D eigenvalue weighted by Crippen LogP contribution is -2.26. The highest BCUT2D eigenvalue weighted by atomic mass is 16.2. The standard InChI is InChI=1S/C20H23NO2/c1-4-14(2)19(16-9-6-5-7-10-16)20(23)21-18-12-8-11-17(13-18)15(3)22/h5-14,19H,4H2,1-3H3,(H,21,23)/t14-,19+/m0/s1. The average Bonchev–Trinajstić information content (AvgIpc) is 2.56. The molecule has 1 N–H and O–H groups in total. The summed E-state index contributed by atoms with van der Waals surface area (Å²) >= 11 is 0. The lowest BCUT2D eigenvalue weighted by Gasteiger charge is -2.23. The summed E-state index contributed by atoms with van der Waals surface area (Å²) in [5.74, 6) is -0.0236. The molecule has 2 rings (SSSR count). The van der Waals surface area contributed by atoms with Crippen molar-refractivity contribution in [2.75, 3.05) is 5.32 Å². The van der Waals surface area contributed by atoms with Crippen LogP contribution in [-0.4, -0.2) is 11.7 Å². The third-order valence-electron chi connectivity index (χ3n) is 4.19. The molecule has 2 atom stereocenters. The van der Waals surface area contributed by atoms with E-state index < -0.39 is 0 Å². The maximum atomic E-state index is 12.8. The molecule has 0 aliphatic carbocycles. The van der Waals surface area contributed by atoms with Crippen LogP contribution in [0, 0.1) is 5.92 Å². The number of amides is 1. The second-order valence-corrected chi connectivity index (χ2v) is 5.90. The minimum absolute atomic E-state index is 0.0114. The molecule has 0 unspecified atom stereocenters. The molecular weight excluding hydrogens is 286 g/mol. The van der Waals surface area contributed by atoms with Crippen molar-refractivity contribution < 1.29 is 9.59 Å². The first-order valence-electron chi connectivity index (χ1n) is 7.99. The third kappa shape index (κ3) is 4.28. The number of nitrogens with one attached hydrogen (secondary N) is 1. The van der Waals surface area contributed by atoms with Crippen LogP contribution in [0.15, 0.2) is 54.6 Å². The van der Waals surface area contributed by atoms with E-state index in [9.17, 15) is 9.59 Å². The number of carbonyl (C=O) groups is 2. The van der Waals surface area contributed by atoms with Gasteiger partial charge in [-0.25, -0.2) is 0 Å². The van der Waals surface area contributed by atoms with Crippen molar-refractivity contribution in [3.63, 3.8) is 0 Å². The molecule has 0 fully saturated rings. The van der Waals surface area contributed by atoms with E-state index in [1.807, 2.05) is 36.4 Å². The van der Waals surface area contributed by atoms with Gasteiger partial charge in [-0.05, 0) is 30.5 Å². The molecule has 0 aliphatic rings. The molecule has 3 heteroatoms. The topological polar surface area (TPSA) is 46.2 Å². The smallest absolute Gasteiger partial charge is 0.232 e. The van der Waals surface area contributed by atoms with Gasteiger partial charge < -0.3 is 5.32 Å². The van der Waals surface area contributed by atoms with Crippen molar-refractivity contribution in [2.24, 2.45) is 5.92 Å². The fraction of sp³-hybridized carbons (Fsp3) is 0.300. The van der Waals surface area contributed by atoms with Gasteiger partial charge in [0.15, 0.2) is 5.78 Å². The van der Waals surface area contributed by atoms with Gasteiger partial charge in [0.1, 0.15) is 0 Å². The number of hydrogen-bond donors (Lipinski definition) is 1. The maximum Gasteiger partial charge on any atom is 0.232 e. The van der Waals surface area contributed by atoms with Gasteiger partial charge in [0.2, 0.25) is 5.91 Å². The van der Waals surface area contributed by atoms with Gasteiger partial charge in [0.25, 0.3) is 0 Å². The molecule has 3 nitrogen and oxygen atoms in total. The molecule has 0 spiro atoms. The zero-order valence-electron chi connectivity index (χ0n) is 13.9. The molecule has 0 heterocycles. The molecule has 0 bridgehead atoms. The van der Waals surface area contributed by atoms with Crippen LogP contribution in [0.4, 0.5) is 5.69 Å². The van der Waals surface area contributed by atoms with Gasteiger partial charge in [-0.1, -0.05) is 62.7 Å². The summed E-state index contributed by atoms with van der Waals surface area (Å²) in [4.78, 5) is 24.3. The van der Waals surface area contributed by atoms with Crippen LogP contribution in [0.3, 0.4) is 0 Å². The molecule has 0 saturated carbocycles. The summed E-state index contributed by atoms with van der Waals surface area (Å²) in [7, 11) is 0. The quantitative estimate of drug-likeness (QED) is 0.789. The highest BCUT2D eigenvalue weighted by Crippen LogP contribution is 2.28. The number of anilines is 1. The zero-order chi connectivity index (χ0) is 16.8. The van der Waals surface area contributed by atoms with Crippen molar-refractivity contribution in [1.29, 1.82) is 0 Å². The first-order valence-corrected chi connectivity index (χ1v) is 7.99. The average molecular weight is 309 g/mol. The predicted molar refractivity (Wildman–Crippen MR) is 93.7 cm³/mol. The maximum absolute atomic E-state index is 12.8. The summed E-state index contributed by atoms with van der Waals surface area (Å²) in [6.45, 7) is 5.69. The van der Waals surface area contributed by atoms with Crippen molar-refractivity contribution >= 4 is 17.4 Å². The van der Waals surface area contributed by atoms with E-state index in [0.717, 1.165) is 12.0 Å². The lowest BCUT2D eigenvalue weighted by atomic mass is 9.85. The summed E-state index contributed by atoms with van der Waals surface area (Å²) in [5.41, 5.74) is 2.27. The van der Waals surface area contributed by atoms with Crippen LogP contribution < -0.4 is 5.32 Å². The number of ketones is 1. The summed E-state index contributed by atoms with van der Waals surface area (Å²) in [6, 6.07) is 16.9. The number of Topliss-reactive ketones (excluding diaryl/α,β-unsaturated/α-hetero) is 1. The van der Waals surface area contributed by atoms with Crippen LogP contribution >= 0.6 is 0 Å². The molecular formula is C20H23NO2. The summed E-state index contributed by atoms with van der Waals surface area (Å²) in [5, 5.41) is 2.96. The molecule has 1 amide bonds. The Hall–Kier alpha value is -2.42. The van der Waals surface area contributed by atoms with E-state index >= 15 is 0 Å². The fourth-order valence-corrected chi connectivity index (χ4v) is 2.67. The molecule has 2 aromatic carbocycles. The van der Waals surface area contributed by atoms with Gasteiger partial charge in [0, 0.05) is 11.3 Å². The molecule has 23 heavy (non-hydrogen) atoms. The SMILES string of the molecule is CC[C@H](C)[C@@H](C(=O)Nc1cccc(C(C)=O)c1)c1ccccc1. The minimum Gasteiger partial charge on any atom is -0.326 e. The monoisotopic (exact) mass is 309 g/mol. The number of hydrogen-bond acceptors (Lipinski definition) is 2. The van der Waals surface area contributed by atoms with Gasteiger partial charge in [-0.15, -0.1) is 0 Å². The Morgan fingerprint density at radius 1 is 1.04 bits per heavy atom. The Morgan fingerprint density at radius 2 is 1.74 bits per heavy atom. The Labute approximate surface area is 137 Å². The van der Waals surface area contributed by atoms with Crippen molar-refractivity contribution in [1.82, 2.24) is 0 Å². The van der Waals surface area contributed by atoms with E-state index in [1.54, 1.807) is 18.2 Å². The third-order valence-corrected chi connectivity index (χ3v) is 4.19. The first kappa shape index (κ1) is 16.9. The van der Waals surface area contributed by atoms with Gasteiger partial charge in [-0.3, -0.25) is 9.59 Å². The van der Waals surface area contributed by atoms with Gasteiger partial charge >= 0.3 is 0 Å². The highest BCUT2D eigenvalue weighted by Gasteiger charge is 2.25. The minimum atomic E-state index is -0.206. The van der Waals surface area contributed by atoms with E-state index in [0.29, 0.717) is 11.3 Å².